The Balaban J connectivity index is 0.000000383. The molecule has 1 heterocycles. The van der Waals surface area contributed by atoms with Gasteiger partial charge in [0.25, 0.3) is 0 Å². The van der Waals surface area contributed by atoms with Crippen LogP contribution in [0.25, 0.3) is 22.0 Å². The van der Waals surface area contributed by atoms with Gasteiger partial charge in [-0.15, -0.1) is 34.9 Å². The maximum Gasteiger partial charge on any atom is 0.164 e. The van der Waals surface area contributed by atoms with E-state index in [1.54, 1.807) is 0 Å². The molecule has 3 nitrogen and oxygen atoms in total. The van der Waals surface area contributed by atoms with Gasteiger partial charge in [0, 0.05) is 43.2 Å². The van der Waals surface area contributed by atoms with Crippen LogP contribution < -0.4 is 0 Å². The minimum Gasteiger partial charge on any atom is -0.512 e. The van der Waals surface area contributed by atoms with Crippen LogP contribution in [0.4, 0.5) is 0 Å². The molecule has 35 heavy (non-hydrogen) atoms. The van der Waals surface area contributed by atoms with E-state index < -0.39 is 5.41 Å². The van der Waals surface area contributed by atoms with E-state index >= 15 is 0 Å². The average Bonchev–Trinajstić information content (AvgIpc) is 2.71. The average molecular weight is 651 g/mol. The molecule has 0 saturated carbocycles. The molecule has 0 aliphatic carbocycles. The maximum atomic E-state index is 11.5. The summed E-state index contributed by atoms with van der Waals surface area (Å²) in [5, 5.41) is 12.0. The number of fused-ring (bicyclic) bond motifs is 1. The van der Waals surface area contributed by atoms with Crippen molar-refractivity contribution in [1.29, 1.82) is 0 Å². The fourth-order valence-corrected chi connectivity index (χ4v) is 3.34. The first kappa shape index (κ1) is 30.7. The topological polar surface area (TPSA) is 50.2 Å². The molecule has 0 fully saturated rings. The Morgan fingerprint density at radius 1 is 0.971 bits per heavy atom. The summed E-state index contributed by atoms with van der Waals surface area (Å²) in [4.78, 5) is 16.1. The number of hydrogen-bond donors (Lipinski definition) is 1. The van der Waals surface area contributed by atoms with E-state index in [1.807, 2.05) is 47.7 Å². The van der Waals surface area contributed by atoms with Gasteiger partial charge in [-0.25, -0.2) is 0 Å². The number of aryl methyl sites for hydroxylation is 2. The van der Waals surface area contributed by atoms with E-state index in [4.69, 9.17) is 0 Å². The molecule has 0 amide bonds. The Hall–Kier alpha value is -2.29. The fourth-order valence-electron chi connectivity index (χ4n) is 3.34. The summed E-state index contributed by atoms with van der Waals surface area (Å²) < 4.78 is 0. The van der Waals surface area contributed by atoms with Crippen LogP contribution in [0, 0.1) is 30.7 Å². The van der Waals surface area contributed by atoms with Crippen molar-refractivity contribution in [3.63, 3.8) is 0 Å². The molecule has 0 aliphatic heterocycles. The molecule has 1 N–H and O–H groups in total. The summed E-state index contributed by atoms with van der Waals surface area (Å²) in [6.45, 7) is 19.8. The second kappa shape index (κ2) is 12.1. The van der Waals surface area contributed by atoms with Crippen LogP contribution in [0.3, 0.4) is 0 Å². The smallest absolute Gasteiger partial charge is 0.164 e. The molecule has 0 unspecified atom stereocenters. The van der Waals surface area contributed by atoms with Crippen LogP contribution >= 0.6 is 0 Å². The Kier molecular flexibility index (Phi) is 10.6. The first-order chi connectivity index (χ1) is 15.6. The number of allylic oxidation sites excluding steroid dienone is 2. The van der Waals surface area contributed by atoms with Gasteiger partial charge >= 0.3 is 0 Å². The Morgan fingerprint density at radius 2 is 1.60 bits per heavy atom. The molecule has 2 aromatic carbocycles. The third kappa shape index (κ3) is 8.70. The molecule has 0 bridgehead atoms. The number of carbonyl (C=O) groups excluding carboxylic acids is 1. The van der Waals surface area contributed by atoms with Gasteiger partial charge in [-0.2, -0.15) is 0 Å². The van der Waals surface area contributed by atoms with Gasteiger partial charge in [-0.1, -0.05) is 87.4 Å². The zero-order valence-electron chi connectivity index (χ0n) is 22.8. The van der Waals surface area contributed by atoms with Crippen molar-refractivity contribution in [1.82, 2.24) is 4.98 Å². The van der Waals surface area contributed by atoms with Crippen LogP contribution in [-0.2, 0) is 24.9 Å². The summed E-state index contributed by atoms with van der Waals surface area (Å²) in [5.74, 6) is 0.623. The monoisotopic (exact) mass is 651 g/mol. The Morgan fingerprint density at radius 3 is 2.11 bits per heavy atom. The number of benzene rings is 2. The van der Waals surface area contributed by atoms with Crippen molar-refractivity contribution in [3.05, 3.63) is 77.2 Å². The maximum absolute atomic E-state index is 11.5. The fraction of sp³-hybridized carbons (Fsp3) is 0.419. The molecule has 3 aromatic rings. The van der Waals surface area contributed by atoms with Gasteiger partial charge in [0.1, 0.15) is 5.76 Å². The van der Waals surface area contributed by atoms with Crippen molar-refractivity contribution in [2.75, 3.05) is 0 Å². The number of aromatic nitrogens is 1. The number of aliphatic hydroxyl groups excluding tert-OH is 1. The molecule has 1 aromatic heterocycles. The van der Waals surface area contributed by atoms with Gasteiger partial charge in [-0.3, -0.25) is 4.79 Å². The third-order valence-electron chi connectivity index (χ3n) is 5.64. The molecule has 0 atom stereocenters. The number of nitrogens with zero attached hydrogens (tertiary/aromatic N) is 1. The first-order valence-electron chi connectivity index (χ1n) is 11.9. The van der Waals surface area contributed by atoms with Gasteiger partial charge in [0.15, 0.2) is 5.78 Å². The summed E-state index contributed by atoms with van der Waals surface area (Å²) >= 11 is 0. The zero-order chi connectivity index (χ0) is 25.8. The molecule has 0 aliphatic rings. The minimum atomic E-state index is -0.417. The molecular formula is C31H40IrNO2-. The van der Waals surface area contributed by atoms with Gasteiger partial charge in [-0.05, 0) is 34.0 Å². The van der Waals surface area contributed by atoms with Crippen LogP contribution in [-0.4, -0.2) is 15.9 Å². The first-order valence-corrected chi connectivity index (χ1v) is 11.9. The number of aliphatic hydroxyl groups is 1. The molecular weight excluding hydrogens is 611 g/mol. The standard InChI is InChI=1S/C20H20N.C11H20O2.Ir/c1-13(2)17-6-5-16-7-8-21-20(19(16)12-17)18-10-14(3)9-15(4)11-18;1-10(2,3)8(12)7-9(13)11(4,5)6;/h5-10,12-13H,1-4H3;7,12H,1-6H3;/q-1;;/b;8-7-;. The van der Waals surface area contributed by atoms with E-state index in [0.29, 0.717) is 5.92 Å². The summed E-state index contributed by atoms with van der Waals surface area (Å²) in [5.41, 5.74) is 5.10. The zero-order valence-corrected chi connectivity index (χ0v) is 25.2. The second-order valence-corrected chi connectivity index (χ2v) is 11.4. The predicted molar refractivity (Wildman–Crippen MR) is 144 cm³/mol. The van der Waals surface area contributed by atoms with Crippen molar-refractivity contribution >= 4 is 16.6 Å². The molecule has 3 rings (SSSR count). The Labute approximate surface area is 225 Å². The molecule has 0 spiro atoms. The number of hydrogen-bond acceptors (Lipinski definition) is 3. The van der Waals surface area contributed by atoms with Crippen molar-refractivity contribution in [2.45, 2.75) is 75.2 Å². The second-order valence-electron chi connectivity index (χ2n) is 11.4. The van der Waals surface area contributed by atoms with Gasteiger partial charge in [0.05, 0.1) is 0 Å². The third-order valence-corrected chi connectivity index (χ3v) is 5.64. The number of pyridine rings is 1. The number of carbonyl (C=O) groups is 1. The van der Waals surface area contributed by atoms with E-state index in [0.717, 1.165) is 16.8 Å². The summed E-state index contributed by atoms with van der Waals surface area (Å²) in [7, 11) is 0. The number of ketones is 1. The molecule has 0 saturated heterocycles. The molecule has 4 heteroatoms. The quantitative estimate of drug-likeness (QED) is 0.176. The van der Waals surface area contributed by atoms with E-state index in [-0.39, 0.29) is 37.1 Å². The summed E-state index contributed by atoms with van der Waals surface area (Å²) in [6, 6.07) is 16.5. The van der Waals surface area contributed by atoms with Gasteiger partial charge < -0.3 is 10.1 Å². The normalized spacial score (nSPS) is 12.1. The Bertz CT molecular complexity index is 1170. The van der Waals surface area contributed by atoms with Crippen molar-refractivity contribution in [2.24, 2.45) is 10.8 Å². The van der Waals surface area contributed by atoms with Crippen LogP contribution in [0.5, 0.6) is 0 Å². The number of rotatable bonds is 3. The van der Waals surface area contributed by atoms with Gasteiger partial charge in [0.2, 0.25) is 0 Å². The summed E-state index contributed by atoms with van der Waals surface area (Å²) in [6.07, 6.45) is 3.22. The molecule has 1 radical (unpaired) electrons. The van der Waals surface area contributed by atoms with E-state index in [2.05, 4.69) is 75.1 Å². The largest absolute Gasteiger partial charge is 0.512 e. The van der Waals surface area contributed by atoms with Crippen molar-refractivity contribution < 1.29 is 30.0 Å². The van der Waals surface area contributed by atoms with Crippen LogP contribution in [0.2, 0.25) is 0 Å². The SMILES string of the molecule is CC(C)(C)C(=O)/C=C(\O)C(C)(C)C.Cc1[c-]c(-c2nccc3ccc(C(C)C)cc23)cc(C)c1.[Ir]. The minimum absolute atomic E-state index is 0. The van der Waals surface area contributed by atoms with Crippen LogP contribution in [0.15, 0.2) is 54.4 Å². The van der Waals surface area contributed by atoms with Crippen molar-refractivity contribution in [3.8, 4) is 11.3 Å². The van der Waals surface area contributed by atoms with E-state index in [9.17, 15) is 9.90 Å². The van der Waals surface area contributed by atoms with Crippen LogP contribution in [0.1, 0.15) is 78.0 Å². The predicted octanol–water partition coefficient (Wildman–Crippen LogP) is 8.53. The molecule has 191 valence electrons. The van der Waals surface area contributed by atoms with E-state index in [1.165, 1.54) is 28.0 Å².